The molecular weight excluding hydrogens is 412 g/mol. The van der Waals surface area contributed by atoms with Gasteiger partial charge in [-0.2, -0.15) is 0 Å². The van der Waals surface area contributed by atoms with Gasteiger partial charge in [0.05, 0.1) is 18.5 Å². The summed E-state index contributed by atoms with van der Waals surface area (Å²) < 4.78 is 39.5. The fraction of sp³-hybridized carbons (Fsp3) is 0.308. The highest BCUT2D eigenvalue weighted by Crippen LogP contribution is 2.24. The number of ether oxygens (including phenoxy) is 2. The van der Waals surface area contributed by atoms with Gasteiger partial charge in [0, 0.05) is 5.56 Å². The molecule has 168 valence electrons. The largest absolute Gasteiger partial charge is 0.494 e. The second-order valence-electron chi connectivity index (χ2n) is 7.47. The molecule has 0 spiro atoms. The van der Waals surface area contributed by atoms with Crippen LogP contribution in [0.4, 0.5) is 8.78 Å². The first kappa shape index (κ1) is 23.4. The van der Waals surface area contributed by atoms with Crippen LogP contribution < -0.4 is 9.47 Å². The van der Waals surface area contributed by atoms with Crippen LogP contribution >= 0.6 is 0 Å². The Hall–Kier alpha value is -3.28. The Balaban J connectivity index is 1.66. The van der Waals surface area contributed by atoms with Gasteiger partial charge in [-0.15, -0.1) is 0 Å². The molecule has 2 aromatic carbocycles. The number of aromatic nitrogens is 1. The number of rotatable bonds is 10. The number of pyridine rings is 1. The first-order valence-corrected chi connectivity index (χ1v) is 10.9. The third kappa shape index (κ3) is 6.13. The zero-order valence-electron chi connectivity index (χ0n) is 18.4. The van der Waals surface area contributed by atoms with Crippen LogP contribution in [-0.2, 0) is 6.42 Å². The number of hydrogen-bond donors (Lipinski definition) is 0. The smallest absolute Gasteiger partial charge is 0.349 e. The molecular formula is C26H27F2NO3. The van der Waals surface area contributed by atoms with Gasteiger partial charge in [-0.3, -0.25) is 4.98 Å². The van der Waals surface area contributed by atoms with Gasteiger partial charge in [-0.1, -0.05) is 26.2 Å². The van der Waals surface area contributed by atoms with Crippen LogP contribution in [0.25, 0.3) is 11.3 Å². The van der Waals surface area contributed by atoms with Crippen LogP contribution in [0.3, 0.4) is 0 Å². The Morgan fingerprint density at radius 1 is 0.906 bits per heavy atom. The summed E-state index contributed by atoms with van der Waals surface area (Å²) in [5, 5.41) is 0. The Kier molecular flexibility index (Phi) is 8.31. The summed E-state index contributed by atoms with van der Waals surface area (Å²) >= 11 is 0. The second kappa shape index (κ2) is 11.4. The topological polar surface area (TPSA) is 48.4 Å². The minimum atomic E-state index is -1.09. The van der Waals surface area contributed by atoms with Gasteiger partial charge in [0.15, 0.2) is 0 Å². The maximum Gasteiger partial charge on any atom is 0.349 e. The molecule has 6 heteroatoms. The Bertz CT molecular complexity index is 1010. The standard InChI is InChI=1S/C26H27F2NO3/c1-3-5-6-7-8-18-15-22(27)25(23(28)16-18)26(30)32-21-13-14-24(29-17-21)19-9-11-20(12-10-19)31-4-2/h9-17H,3-8H2,1-2H3. The third-order valence-corrected chi connectivity index (χ3v) is 5.03. The van der Waals surface area contributed by atoms with E-state index in [1.54, 1.807) is 6.07 Å². The fourth-order valence-corrected chi connectivity index (χ4v) is 3.38. The maximum absolute atomic E-state index is 14.4. The summed E-state index contributed by atoms with van der Waals surface area (Å²) in [5.74, 6) is -2.06. The highest BCUT2D eigenvalue weighted by atomic mass is 19.1. The number of aryl methyl sites for hydroxylation is 1. The van der Waals surface area contributed by atoms with Gasteiger partial charge in [0.25, 0.3) is 0 Å². The summed E-state index contributed by atoms with van der Waals surface area (Å²) in [4.78, 5) is 16.6. The fourth-order valence-electron chi connectivity index (χ4n) is 3.38. The van der Waals surface area contributed by atoms with Gasteiger partial charge >= 0.3 is 5.97 Å². The van der Waals surface area contributed by atoms with Crippen LogP contribution in [0.1, 0.15) is 55.5 Å². The molecule has 0 atom stereocenters. The van der Waals surface area contributed by atoms with E-state index in [2.05, 4.69) is 11.9 Å². The first-order valence-electron chi connectivity index (χ1n) is 10.9. The number of esters is 1. The summed E-state index contributed by atoms with van der Waals surface area (Å²) in [6, 6.07) is 13.0. The first-order chi connectivity index (χ1) is 15.5. The zero-order valence-corrected chi connectivity index (χ0v) is 18.4. The van der Waals surface area contributed by atoms with Gasteiger partial charge in [0.1, 0.15) is 28.7 Å². The number of halogens is 2. The molecule has 0 fully saturated rings. The summed E-state index contributed by atoms with van der Waals surface area (Å²) in [5.41, 5.74) is 1.36. The van der Waals surface area contributed by atoms with Crippen molar-refractivity contribution in [2.75, 3.05) is 6.61 Å². The molecule has 1 aromatic heterocycles. The van der Waals surface area contributed by atoms with E-state index >= 15 is 0 Å². The van der Waals surface area contributed by atoms with Crippen molar-refractivity contribution in [1.29, 1.82) is 0 Å². The van der Waals surface area contributed by atoms with Crippen LogP contribution in [0.15, 0.2) is 54.7 Å². The molecule has 32 heavy (non-hydrogen) atoms. The monoisotopic (exact) mass is 439 g/mol. The molecule has 0 saturated carbocycles. The van der Waals surface area contributed by atoms with Crippen LogP contribution in [0.2, 0.25) is 0 Å². The minimum absolute atomic E-state index is 0.104. The van der Waals surface area contributed by atoms with Crippen molar-refractivity contribution in [2.24, 2.45) is 0 Å². The summed E-state index contributed by atoms with van der Waals surface area (Å²) in [6.07, 6.45) is 5.94. The Labute approximate surface area is 187 Å². The number of carbonyl (C=O) groups excluding carboxylic acids is 1. The molecule has 0 radical (unpaired) electrons. The summed E-state index contributed by atoms with van der Waals surface area (Å²) in [7, 11) is 0. The normalized spacial score (nSPS) is 10.8. The lowest BCUT2D eigenvalue weighted by Crippen LogP contribution is -2.14. The number of benzene rings is 2. The van der Waals surface area contributed by atoms with Crippen molar-refractivity contribution in [3.8, 4) is 22.8 Å². The second-order valence-corrected chi connectivity index (χ2v) is 7.47. The van der Waals surface area contributed by atoms with E-state index in [1.807, 2.05) is 31.2 Å². The van der Waals surface area contributed by atoms with E-state index < -0.39 is 23.2 Å². The molecule has 0 aliphatic carbocycles. The molecule has 0 saturated heterocycles. The van der Waals surface area contributed by atoms with Crippen molar-refractivity contribution in [3.05, 3.63) is 77.5 Å². The van der Waals surface area contributed by atoms with E-state index in [0.29, 0.717) is 24.3 Å². The quantitative estimate of drug-likeness (QED) is 0.258. The van der Waals surface area contributed by atoms with Crippen molar-refractivity contribution in [2.45, 2.75) is 46.0 Å². The molecule has 0 bridgehead atoms. The zero-order chi connectivity index (χ0) is 22.9. The number of carbonyl (C=O) groups is 1. The van der Waals surface area contributed by atoms with E-state index in [4.69, 9.17) is 9.47 Å². The highest BCUT2D eigenvalue weighted by Gasteiger charge is 2.21. The van der Waals surface area contributed by atoms with Crippen molar-refractivity contribution in [1.82, 2.24) is 4.98 Å². The van der Waals surface area contributed by atoms with Gasteiger partial charge < -0.3 is 9.47 Å². The van der Waals surface area contributed by atoms with Gasteiger partial charge in [-0.25, -0.2) is 13.6 Å². The van der Waals surface area contributed by atoms with Crippen LogP contribution in [0, 0.1) is 11.6 Å². The van der Waals surface area contributed by atoms with Crippen molar-refractivity contribution < 1.29 is 23.0 Å². The predicted octanol–water partition coefficient (Wildman–Crippen LogP) is 6.77. The van der Waals surface area contributed by atoms with Crippen molar-refractivity contribution >= 4 is 5.97 Å². The molecule has 0 aliphatic rings. The van der Waals surface area contributed by atoms with Crippen LogP contribution in [-0.4, -0.2) is 17.6 Å². The number of nitrogens with zero attached hydrogens (tertiary/aromatic N) is 1. The minimum Gasteiger partial charge on any atom is -0.494 e. The molecule has 0 N–H and O–H groups in total. The SMILES string of the molecule is CCCCCCc1cc(F)c(C(=O)Oc2ccc(-c3ccc(OCC)cc3)nc2)c(F)c1. The van der Waals surface area contributed by atoms with Gasteiger partial charge in [0.2, 0.25) is 0 Å². The number of unbranched alkanes of at least 4 members (excludes halogenated alkanes) is 3. The van der Waals surface area contributed by atoms with Gasteiger partial charge in [-0.05, 0) is 73.9 Å². The maximum atomic E-state index is 14.4. The van der Waals surface area contributed by atoms with E-state index in [0.717, 1.165) is 37.0 Å². The highest BCUT2D eigenvalue weighted by molar-refractivity contribution is 5.91. The lowest BCUT2D eigenvalue weighted by Gasteiger charge is -2.09. The molecule has 1 heterocycles. The lowest BCUT2D eigenvalue weighted by molar-refractivity contribution is 0.0724. The molecule has 4 nitrogen and oxygen atoms in total. The average molecular weight is 440 g/mol. The number of hydrogen-bond acceptors (Lipinski definition) is 4. The average Bonchev–Trinajstić information content (AvgIpc) is 2.78. The molecule has 0 unspecified atom stereocenters. The molecule has 3 aromatic rings. The summed E-state index contributed by atoms with van der Waals surface area (Å²) in [6.45, 7) is 4.60. The third-order valence-electron chi connectivity index (χ3n) is 5.03. The molecule has 0 aliphatic heterocycles. The van der Waals surface area contributed by atoms with E-state index in [1.165, 1.54) is 24.4 Å². The van der Waals surface area contributed by atoms with E-state index in [9.17, 15) is 13.6 Å². The molecule has 0 amide bonds. The van der Waals surface area contributed by atoms with Crippen LogP contribution in [0.5, 0.6) is 11.5 Å². The lowest BCUT2D eigenvalue weighted by atomic mass is 10.0. The molecule has 3 rings (SSSR count). The Morgan fingerprint density at radius 3 is 2.19 bits per heavy atom. The van der Waals surface area contributed by atoms with Crippen molar-refractivity contribution in [3.63, 3.8) is 0 Å². The van der Waals surface area contributed by atoms with E-state index in [-0.39, 0.29) is 5.75 Å². The Morgan fingerprint density at radius 2 is 1.59 bits per heavy atom. The predicted molar refractivity (Wildman–Crippen MR) is 120 cm³/mol.